The lowest BCUT2D eigenvalue weighted by Gasteiger charge is -2.27. The Morgan fingerprint density at radius 1 is 1.10 bits per heavy atom. The molecular weight excluding hydrogens is 262 g/mol. The van der Waals surface area contributed by atoms with Crippen molar-refractivity contribution in [2.24, 2.45) is 0 Å². The van der Waals surface area contributed by atoms with E-state index in [0.717, 1.165) is 32.1 Å². The van der Waals surface area contributed by atoms with Gasteiger partial charge < -0.3 is 10.1 Å². The topological polar surface area (TPSA) is 38.3 Å². The second kappa shape index (κ2) is 7.08. The molecule has 1 saturated carbocycles. The molecule has 1 aromatic carbocycles. The van der Waals surface area contributed by atoms with Gasteiger partial charge in [-0.1, -0.05) is 43.5 Å². The Morgan fingerprint density at radius 2 is 1.90 bits per heavy atom. The normalized spacial score (nSPS) is 22.6. The van der Waals surface area contributed by atoms with Crippen LogP contribution in [0.25, 0.3) is 0 Å². The Kier molecular flexibility index (Phi) is 4.91. The summed E-state index contributed by atoms with van der Waals surface area (Å²) in [6, 6.07) is 8.61. The maximum Gasteiger partial charge on any atom is 0.246 e. The zero-order valence-corrected chi connectivity index (χ0v) is 12.6. The number of rotatable bonds is 4. The monoisotopic (exact) mass is 287 g/mol. The van der Waals surface area contributed by atoms with E-state index in [-0.39, 0.29) is 18.6 Å². The van der Waals surface area contributed by atoms with Gasteiger partial charge in [0.2, 0.25) is 5.91 Å². The molecule has 2 aliphatic carbocycles. The number of amides is 1. The minimum Gasteiger partial charge on any atom is -0.368 e. The van der Waals surface area contributed by atoms with E-state index in [1.807, 2.05) is 0 Å². The maximum absolute atomic E-state index is 12.1. The number of benzene rings is 1. The number of fused-ring (bicyclic) bond motifs is 1. The molecule has 3 rings (SSSR count). The van der Waals surface area contributed by atoms with Crippen molar-refractivity contribution < 1.29 is 9.53 Å². The highest BCUT2D eigenvalue weighted by molar-refractivity contribution is 5.77. The average molecular weight is 287 g/mol. The van der Waals surface area contributed by atoms with Crippen molar-refractivity contribution in [1.82, 2.24) is 5.32 Å². The van der Waals surface area contributed by atoms with Gasteiger partial charge in [0, 0.05) is 0 Å². The highest BCUT2D eigenvalue weighted by Gasteiger charge is 2.22. The summed E-state index contributed by atoms with van der Waals surface area (Å²) in [5.41, 5.74) is 2.66. The fraction of sp³-hybridized carbons (Fsp3) is 0.611. The molecule has 3 heteroatoms. The van der Waals surface area contributed by atoms with Crippen molar-refractivity contribution in [2.45, 2.75) is 63.5 Å². The van der Waals surface area contributed by atoms with Crippen molar-refractivity contribution >= 4 is 5.91 Å². The SMILES string of the molecule is O=C(COC1CCCCC1)N[C@H]1CCCc2ccccc21. The third kappa shape index (κ3) is 3.85. The Hall–Kier alpha value is -1.35. The van der Waals surface area contributed by atoms with E-state index in [1.54, 1.807) is 0 Å². The molecule has 1 N–H and O–H groups in total. The Balaban J connectivity index is 1.51. The smallest absolute Gasteiger partial charge is 0.246 e. The molecule has 21 heavy (non-hydrogen) atoms. The molecule has 0 aromatic heterocycles. The van der Waals surface area contributed by atoms with E-state index in [9.17, 15) is 4.79 Å². The first-order chi connectivity index (χ1) is 10.3. The predicted octanol–water partition coefficient (Wildman–Crippen LogP) is 3.53. The molecule has 0 unspecified atom stereocenters. The lowest BCUT2D eigenvalue weighted by Crippen LogP contribution is -2.35. The van der Waals surface area contributed by atoms with E-state index in [2.05, 4.69) is 29.6 Å². The van der Waals surface area contributed by atoms with Crippen LogP contribution in [-0.2, 0) is 16.0 Å². The molecule has 0 aliphatic heterocycles. The van der Waals surface area contributed by atoms with Gasteiger partial charge in [-0.05, 0) is 43.2 Å². The van der Waals surface area contributed by atoms with Gasteiger partial charge in [0.05, 0.1) is 12.1 Å². The minimum atomic E-state index is 0.0299. The Labute approximate surface area is 127 Å². The van der Waals surface area contributed by atoms with Crippen LogP contribution in [0.5, 0.6) is 0 Å². The lowest BCUT2D eigenvalue weighted by molar-refractivity contribution is -0.129. The molecule has 1 aromatic rings. The summed E-state index contributed by atoms with van der Waals surface area (Å²) >= 11 is 0. The van der Waals surface area contributed by atoms with E-state index in [1.165, 1.54) is 30.4 Å². The van der Waals surface area contributed by atoms with E-state index < -0.39 is 0 Å². The van der Waals surface area contributed by atoms with E-state index in [0.29, 0.717) is 6.10 Å². The first-order valence-corrected chi connectivity index (χ1v) is 8.32. The molecule has 1 amide bonds. The van der Waals surface area contributed by atoms with Crippen molar-refractivity contribution in [3.8, 4) is 0 Å². The summed E-state index contributed by atoms with van der Waals surface area (Å²) < 4.78 is 5.76. The van der Waals surface area contributed by atoms with Gasteiger partial charge in [-0.25, -0.2) is 0 Å². The number of nitrogens with one attached hydrogen (secondary N) is 1. The highest BCUT2D eigenvalue weighted by atomic mass is 16.5. The number of hydrogen-bond donors (Lipinski definition) is 1. The molecule has 1 fully saturated rings. The first-order valence-electron chi connectivity index (χ1n) is 8.32. The number of hydrogen-bond acceptors (Lipinski definition) is 2. The van der Waals surface area contributed by atoms with Gasteiger partial charge in [0.15, 0.2) is 0 Å². The third-order valence-electron chi connectivity index (χ3n) is 4.71. The second-order valence-corrected chi connectivity index (χ2v) is 6.28. The number of aryl methyl sites for hydroxylation is 1. The van der Waals surface area contributed by atoms with Crippen LogP contribution in [0.1, 0.15) is 62.1 Å². The van der Waals surface area contributed by atoms with Crippen LogP contribution in [0, 0.1) is 0 Å². The van der Waals surface area contributed by atoms with Gasteiger partial charge >= 0.3 is 0 Å². The summed E-state index contributed by atoms with van der Waals surface area (Å²) in [5.74, 6) is 0.0299. The number of carbonyl (C=O) groups excluding carboxylic acids is 1. The Morgan fingerprint density at radius 3 is 2.76 bits per heavy atom. The number of carbonyl (C=O) groups is 1. The molecule has 0 heterocycles. The quantitative estimate of drug-likeness (QED) is 0.920. The van der Waals surface area contributed by atoms with Gasteiger partial charge in [-0.3, -0.25) is 4.79 Å². The molecule has 0 radical (unpaired) electrons. The largest absolute Gasteiger partial charge is 0.368 e. The van der Waals surface area contributed by atoms with Crippen molar-refractivity contribution in [1.29, 1.82) is 0 Å². The van der Waals surface area contributed by atoms with Gasteiger partial charge in [0.25, 0.3) is 0 Å². The van der Waals surface area contributed by atoms with E-state index >= 15 is 0 Å². The highest BCUT2D eigenvalue weighted by Crippen LogP contribution is 2.29. The summed E-state index contributed by atoms with van der Waals surface area (Å²) in [5, 5.41) is 3.15. The zero-order chi connectivity index (χ0) is 14.5. The van der Waals surface area contributed by atoms with Gasteiger partial charge in [-0.2, -0.15) is 0 Å². The summed E-state index contributed by atoms with van der Waals surface area (Å²) in [7, 11) is 0. The van der Waals surface area contributed by atoms with Crippen LogP contribution in [0.4, 0.5) is 0 Å². The summed E-state index contributed by atoms with van der Waals surface area (Å²) in [4.78, 5) is 12.1. The lowest BCUT2D eigenvalue weighted by atomic mass is 9.88. The zero-order valence-electron chi connectivity index (χ0n) is 12.6. The molecule has 0 bridgehead atoms. The van der Waals surface area contributed by atoms with Crippen LogP contribution in [0.15, 0.2) is 24.3 Å². The van der Waals surface area contributed by atoms with E-state index in [4.69, 9.17) is 4.74 Å². The van der Waals surface area contributed by atoms with Gasteiger partial charge in [0.1, 0.15) is 6.61 Å². The third-order valence-corrected chi connectivity index (χ3v) is 4.71. The maximum atomic E-state index is 12.1. The minimum absolute atomic E-state index is 0.0299. The molecular formula is C18H25NO2. The molecule has 114 valence electrons. The van der Waals surface area contributed by atoms with Crippen LogP contribution in [0.2, 0.25) is 0 Å². The molecule has 0 saturated heterocycles. The average Bonchev–Trinajstić information content (AvgIpc) is 2.54. The molecule has 2 aliphatic rings. The van der Waals surface area contributed by atoms with Crippen LogP contribution < -0.4 is 5.32 Å². The molecule has 1 atom stereocenters. The Bertz CT molecular complexity index is 480. The predicted molar refractivity (Wildman–Crippen MR) is 83.1 cm³/mol. The van der Waals surface area contributed by atoms with Crippen LogP contribution >= 0.6 is 0 Å². The van der Waals surface area contributed by atoms with Gasteiger partial charge in [-0.15, -0.1) is 0 Å². The summed E-state index contributed by atoms with van der Waals surface area (Å²) in [6.45, 7) is 0.212. The summed E-state index contributed by atoms with van der Waals surface area (Å²) in [6.07, 6.45) is 9.61. The fourth-order valence-electron chi connectivity index (χ4n) is 3.57. The fourth-order valence-corrected chi connectivity index (χ4v) is 3.57. The molecule has 0 spiro atoms. The molecule has 3 nitrogen and oxygen atoms in total. The van der Waals surface area contributed by atoms with Crippen molar-refractivity contribution in [2.75, 3.05) is 6.61 Å². The second-order valence-electron chi connectivity index (χ2n) is 6.28. The first kappa shape index (κ1) is 14.6. The standard InChI is InChI=1S/C18H25NO2/c20-18(13-21-15-9-2-1-3-10-15)19-17-12-6-8-14-7-4-5-11-16(14)17/h4-5,7,11,15,17H,1-3,6,8-10,12-13H2,(H,19,20)/t17-/m0/s1. The van der Waals surface area contributed by atoms with Crippen LogP contribution in [0.3, 0.4) is 0 Å². The van der Waals surface area contributed by atoms with Crippen molar-refractivity contribution in [3.05, 3.63) is 35.4 Å². The van der Waals surface area contributed by atoms with Crippen molar-refractivity contribution in [3.63, 3.8) is 0 Å². The van der Waals surface area contributed by atoms with Crippen LogP contribution in [-0.4, -0.2) is 18.6 Å². The number of ether oxygens (including phenoxy) is 1.